The minimum Gasteiger partial charge on any atom is -0.392 e. The third kappa shape index (κ3) is 3.21. The molecule has 100 valence electrons. The molecule has 1 aliphatic heterocycles. The van der Waals surface area contributed by atoms with E-state index in [1.807, 2.05) is 20.0 Å². The second-order valence-electron chi connectivity index (χ2n) is 5.29. The molecule has 1 N–H and O–H groups in total. The Bertz CT molecular complexity index is 394. The molecule has 1 aliphatic rings. The smallest absolute Gasteiger partial charge is 0.0639 e. The zero-order valence-corrected chi connectivity index (χ0v) is 11.5. The van der Waals surface area contributed by atoms with Crippen LogP contribution in [0.2, 0.25) is 0 Å². The van der Waals surface area contributed by atoms with Gasteiger partial charge in [0, 0.05) is 49.8 Å². The third-order valence-corrected chi connectivity index (χ3v) is 3.51. The highest BCUT2D eigenvalue weighted by Gasteiger charge is 2.24. The molecule has 2 heterocycles. The summed E-state index contributed by atoms with van der Waals surface area (Å²) in [5.41, 5.74) is 2.32. The van der Waals surface area contributed by atoms with Crippen LogP contribution in [0.15, 0.2) is 18.3 Å². The van der Waals surface area contributed by atoms with Crippen molar-refractivity contribution in [1.82, 2.24) is 9.88 Å². The molecule has 0 saturated carbocycles. The SMILES string of the molecule is Cc1cc(N2CCN(CC(C)O)C(C)C2)ccn1. The summed E-state index contributed by atoms with van der Waals surface area (Å²) in [7, 11) is 0. The summed E-state index contributed by atoms with van der Waals surface area (Å²) in [6.45, 7) is 9.90. The van der Waals surface area contributed by atoms with E-state index in [0.29, 0.717) is 6.04 Å². The molecule has 1 saturated heterocycles. The van der Waals surface area contributed by atoms with Gasteiger partial charge in [-0.1, -0.05) is 0 Å². The molecule has 2 atom stereocenters. The average Bonchev–Trinajstić information content (AvgIpc) is 2.31. The van der Waals surface area contributed by atoms with E-state index < -0.39 is 0 Å². The van der Waals surface area contributed by atoms with Crippen LogP contribution in [0.1, 0.15) is 19.5 Å². The maximum Gasteiger partial charge on any atom is 0.0639 e. The molecule has 1 fully saturated rings. The normalized spacial score (nSPS) is 23.1. The first-order chi connectivity index (χ1) is 8.56. The third-order valence-electron chi connectivity index (χ3n) is 3.51. The fraction of sp³-hybridized carbons (Fsp3) is 0.643. The van der Waals surface area contributed by atoms with E-state index in [1.165, 1.54) is 5.69 Å². The lowest BCUT2D eigenvalue weighted by atomic mass is 10.1. The van der Waals surface area contributed by atoms with Crippen LogP contribution in [0.25, 0.3) is 0 Å². The Morgan fingerprint density at radius 1 is 1.50 bits per heavy atom. The number of aliphatic hydroxyl groups is 1. The minimum atomic E-state index is -0.248. The molecule has 0 bridgehead atoms. The molecule has 0 aromatic carbocycles. The topological polar surface area (TPSA) is 39.6 Å². The molecule has 4 heteroatoms. The van der Waals surface area contributed by atoms with E-state index in [1.54, 1.807) is 0 Å². The molecule has 0 radical (unpaired) electrons. The van der Waals surface area contributed by atoms with Crippen molar-refractivity contribution in [2.24, 2.45) is 0 Å². The van der Waals surface area contributed by atoms with E-state index in [9.17, 15) is 5.11 Å². The van der Waals surface area contributed by atoms with Crippen LogP contribution in [-0.2, 0) is 0 Å². The van der Waals surface area contributed by atoms with Gasteiger partial charge in [0.2, 0.25) is 0 Å². The molecule has 0 aliphatic carbocycles. The van der Waals surface area contributed by atoms with Gasteiger partial charge in [0.05, 0.1) is 6.10 Å². The van der Waals surface area contributed by atoms with Crippen molar-refractivity contribution in [2.75, 3.05) is 31.1 Å². The summed E-state index contributed by atoms with van der Waals surface area (Å²) in [5, 5.41) is 9.48. The fourth-order valence-electron chi connectivity index (χ4n) is 2.57. The Hall–Kier alpha value is -1.13. The van der Waals surface area contributed by atoms with Crippen LogP contribution < -0.4 is 4.90 Å². The van der Waals surface area contributed by atoms with Gasteiger partial charge in [0.25, 0.3) is 0 Å². The molecule has 0 spiro atoms. The maximum absolute atomic E-state index is 9.48. The number of β-amino-alcohol motifs (C(OH)–C–C–N with tert-alkyl or cyclic N) is 1. The number of pyridine rings is 1. The molecule has 1 aromatic rings. The lowest BCUT2D eigenvalue weighted by Crippen LogP contribution is -2.53. The number of nitrogens with zero attached hydrogens (tertiary/aromatic N) is 3. The Morgan fingerprint density at radius 3 is 2.89 bits per heavy atom. The molecule has 18 heavy (non-hydrogen) atoms. The molecule has 2 unspecified atom stereocenters. The van der Waals surface area contributed by atoms with Gasteiger partial charge in [-0.25, -0.2) is 0 Å². The van der Waals surface area contributed by atoms with Gasteiger partial charge >= 0.3 is 0 Å². The Labute approximate surface area is 109 Å². The van der Waals surface area contributed by atoms with Gasteiger partial charge in [0.15, 0.2) is 0 Å². The first-order valence-corrected chi connectivity index (χ1v) is 6.66. The molecule has 0 amide bonds. The highest BCUT2D eigenvalue weighted by molar-refractivity contribution is 5.47. The van der Waals surface area contributed by atoms with Crippen LogP contribution in [0.5, 0.6) is 0 Å². The number of anilines is 1. The van der Waals surface area contributed by atoms with E-state index in [2.05, 4.69) is 33.8 Å². The van der Waals surface area contributed by atoms with Crippen molar-refractivity contribution in [1.29, 1.82) is 0 Å². The fourth-order valence-corrected chi connectivity index (χ4v) is 2.57. The van der Waals surface area contributed by atoms with Gasteiger partial charge in [-0.15, -0.1) is 0 Å². The summed E-state index contributed by atoms with van der Waals surface area (Å²) in [4.78, 5) is 8.99. The number of aliphatic hydroxyl groups excluding tert-OH is 1. The molecule has 4 nitrogen and oxygen atoms in total. The first-order valence-electron chi connectivity index (χ1n) is 6.66. The van der Waals surface area contributed by atoms with Crippen LogP contribution >= 0.6 is 0 Å². The van der Waals surface area contributed by atoms with Crippen molar-refractivity contribution in [3.05, 3.63) is 24.0 Å². The second-order valence-corrected chi connectivity index (χ2v) is 5.29. The monoisotopic (exact) mass is 249 g/mol. The largest absolute Gasteiger partial charge is 0.392 e. The van der Waals surface area contributed by atoms with E-state index >= 15 is 0 Å². The van der Waals surface area contributed by atoms with E-state index in [0.717, 1.165) is 31.9 Å². The summed E-state index contributed by atoms with van der Waals surface area (Å²) < 4.78 is 0. The lowest BCUT2D eigenvalue weighted by Gasteiger charge is -2.41. The van der Waals surface area contributed by atoms with Crippen LogP contribution in [0.4, 0.5) is 5.69 Å². The quantitative estimate of drug-likeness (QED) is 0.876. The molecular formula is C14H23N3O. The molecule has 2 rings (SSSR count). The lowest BCUT2D eigenvalue weighted by molar-refractivity contribution is 0.0960. The average molecular weight is 249 g/mol. The summed E-state index contributed by atoms with van der Waals surface area (Å²) in [6, 6.07) is 4.68. The van der Waals surface area contributed by atoms with Crippen molar-refractivity contribution >= 4 is 5.69 Å². The number of piperazine rings is 1. The Balaban J connectivity index is 1.99. The highest BCUT2D eigenvalue weighted by Crippen LogP contribution is 2.19. The van der Waals surface area contributed by atoms with Crippen LogP contribution in [0, 0.1) is 6.92 Å². The first kappa shape index (κ1) is 13.3. The van der Waals surface area contributed by atoms with Gasteiger partial charge in [-0.05, 0) is 32.9 Å². The molecule has 1 aromatic heterocycles. The number of hydrogen-bond donors (Lipinski definition) is 1. The second kappa shape index (κ2) is 5.67. The van der Waals surface area contributed by atoms with E-state index in [-0.39, 0.29) is 6.10 Å². The van der Waals surface area contributed by atoms with Crippen LogP contribution in [-0.4, -0.2) is 53.3 Å². The number of rotatable bonds is 3. The molecular weight excluding hydrogens is 226 g/mol. The Morgan fingerprint density at radius 2 is 2.28 bits per heavy atom. The standard InChI is InChI=1S/C14H23N3O/c1-11-8-14(4-5-15-11)17-7-6-16(10-13(3)18)12(2)9-17/h4-5,8,12-13,18H,6-7,9-10H2,1-3H3. The van der Waals surface area contributed by atoms with Gasteiger partial charge in [-0.2, -0.15) is 0 Å². The van der Waals surface area contributed by atoms with E-state index in [4.69, 9.17) is 0 Å². The van der Waals surface area contributed by atoms with Gasteiger partial charge < -0.3 is 10.0 Å². The van der Waals surface area contributed by atoms with Crippen molar-refractivity contribution in [3.8, 4) is 0 Å². The van der Waals surface area contributed by atoms with Crippen LogP contribution in [0.3, 0.4) is 0 Å². The zero-order valence-electron chi connectivity index (χ0n) is 11.5. The van der Waals surface area contributed by atoms with Gasteiger partial charge in [-0.3, -0.25) is 9.88 Å². The maximum atomic E-state index is 9.48. The zero-order chi connectivity index (χ0) is 13.1. The number of aryl methyl sites for hydroxylation is 1. The predicted octanol–water partition coefficient (Wildman–Crippen LogP) is 1.28. The summed E-state index contributed by atoms with van der Waals surface area (Å²) in [6.07, 6.45) is 1.62. The predicted molar refractivity (Wildman–Crippen MR) is 73.9 cm³/mol. The number of hydrogen-bond acceptors (Lipinski definition) is 4. The van der Waals surface area contributed by atoms with Gasteiger partial charge in [0.1, 0.15) is 0 Å². The summed E-state index contributed by atoms with van der Waals surface area (Å²) in [5.74, 6) is 0. The van der Waals surface area contributed by atoms with Crippen molar-refractivity contribution in [3.63, 3.8) is 0 Å². The van der Waals surface area contributed by atoms with Crippen molar-refractivity contribution < 1.29 is 5.11 Å². The van der Waals surface area contributed by atoms with Crippen molar-refractivity contribution in [2.45, 2.75) is 32.9 Å². The Kier molecular flexibility index (Phi) is 4.19. The summed E-state index contributed by atoms with van der Waals surface area (Å²) >= 11 is 0. The number of aromatic nitrogens is 1. The minimum absolute atomic E-state index is 0.248. The highest BCUT2D eigenvalue weighted by atomic mass is 16.3.